The highest BCUT2D eigenvalue weighted by Gasteiger charge is 2.28. The van der Waals surface area contributed by atoms with E-state index >= 15 is 0 Å². The van der Waals surface area contributed by atoms with Crippen LogP contribution in [0.5, 0.6) is 23.0 Å². The molecule has 0 radical (unpaired) electrons. The molecular formula is C20H20O5. The number of allylic oxidation sites excluding steroid dienone is 1. The van der Waals surface area contributed by atoms with Gasteiger partial charge in [0.15, 0.2) is 17.3 Å². The fraction of sp³-hybridized carbons (Fsp3) is 0.250. The minimum Gasteiger partial charge on any atom is -0.493 e. The fourth-order valence-electron chi connectivity index (χ4n) is 2.61. The monoisotopic (exact) mass is 340 g/mol. The van der Waals surface area contributed by atoms with Crippen molar-refractivity contribution >= 4 is 11.9 Å². The van der Waals surface area contributed by atoms with Crippen LogP contribution >= 0.6 is 0 Å². The van der Waals surface area contributed by atoms with E-state index in [4.69, 9.17) is 18.9 Å². The van der Waals surface area contributed by atoms with Crippen molar-refractivity contribution in [3.05, 3.63) is 53.3 Å². The molecule has 2 aromatic carbocycles. The Morgan fingerprint density at radius 2 is 1.76 bits per heavy atom. The zero-order valence-electron chi connectivity index (χ0n) is 14.7. The molecule has 0 saturated carbocycles. The Labute approximate surface area is 146 Å². The number of fused-ring (bicyclic) bond motifs is 1. The average Bonchev–Trinajstić information content (AvgIpc) is 2.89. The van der Waals surface area contributed by atoms with Gasteiger partial charge in [-0.2, -0.15) is 0 Å². The molecule has 0 aromatic heterocycles. The van der Waals surface area contributed by atoms with Gasteiger partial charge in [-0.15, -0.1) is 0 Å². The lowest BCUT2D eigenvalue weighted by Gasteiger charge is -2.10. The van der Waals surface area contributed by atoms with Gasteiger partial charge in [0.1, 0.15) is 11.5 Å². The van der Waals surface area contributed by atoms with E-state index in [2.05, 4.69) is 0 Å². The Balaban J connectivity index is 1.89. The lowest BCUT2D eigenvalue weighted by atomic mass is 10.1. The van der Waals surface area contributed by atoms with Crippen molar-refractivity contribution in [2.24, 2.45) is 0 Å². The van der Waals surface area contributed by atoms with Crippen molar-refractivity contribution in [3.8, 4) is 23.0 Å². The van der Waals surface area contributed by atoms with Crippen LogP contribution in [0.3, 0.4) is 0 Å². The summed E-state index contributed by atoms with van der Waals surface area (Å²) >= 11 is 0. The highest BCUT2D eigenvalue weighted by molar-refractivity contribution is 6.14. The molecule has 0 atom stereocenters. The van der Waals surface area contributed by atoms with Gasteiger partial charge in [0.2, 0.25) is 5.78 Å². The van der Waals surface area contributed by atoms with Crippen molar-refractivity contribution < 1.29 is 23.7 Å². The maximum absolute atomic E-state index is 12.5. The summed E-state index contributed by atoms with van der Waals surface area (Å²) in [6.07, 6.45) is 1.74. The number of ketones is 1. The summed E-state index contributed by atoms with van der Waals surface area (Å²) in [5.74, 6) is 2.52. The molecule has 3 rings (SSSR count). The van der Waals surface area contributed by atoms with E-state index in [9.17, 15) is 4.79 Å². The molecule has 0 spiro atoms. The molecule has 0 amide bonds. The average molecular weight is 340 g/mol. The van der Waals surface area contributed by atoms with Gasteiger partial charge in [-0.25, -0.2) is 0 Å². The predicted molar refractivity (Wildman–Crippen MR) is 94.7 cm³/mol. The van der Waals surface area contributed by atoms with Gasteiger partial charge in [0.25, 0.3) is 0 Å². The topological polar surface area (TPSA) is 54.0 Å². The van der Waals surface area contributed by atoms with E-state index in [-0.39, 0.29) is 17.6 Å². The number of rotatable bonds is 5. The molecule has 25 heavy (non-hydrogen) atoms. The SMILES string of the molecule is COc1ccc(C=C2Oc3cc(OC(C)C)ccc3C2=O)cc1OC. The highest BCUT2D eigenvalue weighted by atomic mass is 16.5. The molecule has 1 heterocycles. The Hall–Kier alpha value is -2.95. The van der Waals surface area contributed by atoms with Gasteiger partial charge >= 0.3 is 0 Å². The number of methoxy groups -OCH3 is 2. The van der Waals surface area contributed by atoms with Crippen LogP contribution in [0.25, 0.3) is 6.08 Å². The first-order valence-corrected chi connectivity index (χ1v) is 7.99. The fourth-order valence-corrected chi connectivity index (χ4v) is 2.61. The lowest BCUT2D eigenvalue weighted by Crippen LogP contribution is -2.05. The van der Waals surface area contributed by atoms with E-state index < -0.39 is 0 Å². The number of hydrogen-bond donors (Lipinski definition) is 0. The second-order valence-corrected chi connectivity index (χ2v) is 5.88. The molecule has 5 nitrogen and oxygen atoms in total. The minimum absolute atomic E-state index is 0.0527. The van der Waals surface area contributed by atoms with Gasteiger partial charge in [0.05, 0.1) is 25.9 Å². The van der Waals surface area contributed by atoms with E-state index in [1.165, 1.54) is 0 Å². The zero-order valence-corrected chi connectivity index (χ0v) is 14.7. The van der Waals surface area contributed by atoms with Crippen LogP contribution in [0.2, 0.25) is 0 Å². The van der Waals surface area contributed by atoms with Gasteiger partial charge in [-0.05, 0) is 49.8 Å². The molecule has 5 heteroatoms. The van der Waals surface area contributed by atoms with Crippen LogP contribution in [0.15, 0.2) is 42.2 Å². The summed E-state index contributed by atoms with van der Waals surface area (Å²) in [5.41, 5.74) is 1.32. The molecule has 0 bridgehead atoms. The summed E-state index contributed by atoms with van der Waals surface area (Å²) < 4.78 is 21.9. The van der Waals surface area contributed by atoms with E-state index in [1.54, 1.807) is 50.6 Å². The molecule has 0 saturated heterocycles. The second-order valence-electron chi connectivity index (χ2n) is 5.88. The summed E-state index contributed by atoms with van der Waals surface area (Å²) in [6.45, 7) is 3.89. The quantitative estimate of drug-likeness (QED) is 0.767. The molecule has 2 aromatic rings. The highest BCUT2D eigenvalue weighted by Crippen LogP contribution is 2.36. The van der Waals surface area contributed by atoms with Crippen LogP contribution in [0.1, 0.15) is 29.8 Å². The Morgan fingerprint density at radius 3 is 2.44 bits per heavy atom. The normalized spacial score (nSPS) is 14.4. The summed E-state index contributed by atoms with van der Waals surface area (Å²) in [7, 11) is 3.14. The predicted octanol–water partition coefficient (Wildman–Crippen LogP) is 4.11. The van der Waals surface area contributed by atoms with Crippen LogP contribution in [-0.2, 0) is 0 Å². The van der Waals surface area contributed by atoms with Gasteiger partial charge < -0.3 is 18.9 Å². The molecule has 1 aliphatic rings. The molecule has 1 aliphatic heterocycles. The third-order valence-electron chi connectivity index (χ3n) is 3.72. The lowest BCUT2D eigenvalue weighted by molar-refractivity contribution is 0.101. The number of ether oxygens (including phenoxy) is 4. The summed E-state index contributed by atoms with van der Waals surface area (Å²) in [6, 6.07) is 10.7. The maximum atomic E-state index is 12.5. The van der Waals surface area contributed by atoms with Gasteiger partial charge in [0, 0.05) is 6.07 Å². The van der Waals surface area contributed by atoms with Crippen molar-refractivity contribution in [2.45, 2.75) is 20.0 Å². The molecule has 0 unspecified atom stereocenters. The van der Waals surface area contributed by atoms with Crippen LogP contribution < -0.4 is 18.9 Å². The third kappa shape index (κ3) is 3.45. The van der Waals surface area contributed by atoms with Crippen molar-refractivity contribution in [1.29, 1.82) is 0 Å². The largest absolute Gasteiger partial charge is 0.493 e. The zero-order chi connectivity index (χ0) is 18.0. The number of benzene rings is 2. The second kappa shape index (κ2) is 6.89. The molecule has 130 valence electrons. The first-order valence-electron chi connectivity index (χ1n) is 7.99. The van der Waals surface area contributed by atoms with Crippen LogP contribution in [0.4, 0.5) is 0 Å². The van der Waals surface area contributed by atoms with Gasteiger partial charge in [-0.3, -0.25) is 4.79 Å². The Kier molecular flexibility index (Phi) is 4.65. The third-order valence-corrected chi connectivity index (χ3v) is 3.72. The molecule has 0 fully saturated rings. The minimum atomic E-state index is -0.152. The number of Topliss-reactive ketones (excluding diaryl/α,β-unsaturated/α-hetero) is 1. The molecule has 0 N–H and O–H groups in total. The van der Waals surface area contributed by atoms with Crippen molar-refractivity contribution in [2.75, 3.05) is 14.2 Å². The Bertz CT molecular complexity index is 836. The molecular weight excluding hydrogens is 320 g/mol. The van der Waals surface area contributed by atoms with Crippen LogP contribution in [-0.4, -0.2) is 26.1 Å². The maximum Gasteiger partial charge on any atom is 0.231 e. The van der Waals surface area contributed by atoms with Crippen molar-refractivity contribution in [1.82, 2.24) is 0 Å². The summed E-state index contributed by atoms with van der Waals surface area (Å²) in [4.78, 5) is 12.5. The van der Waals surface area contributed by atoms with Gasteiger partial charge in [-0.1, -0.05) is 6.07 Å². The standard InChI is InChI=1S/C20H20O5/c1-12(2)24-14-6-7-15-17(11-14)25-19(20(15)21)10-13-5-8-16(22-3)18(9-13)23-4/h5-12H,1-4H3. The smallest absolute Gasteiger partial charge is 0.231 e. The summed E-state index contributed by atoms with van der Waals surface area (Å²) in [5, 5.41) is 0. The number of hydrogen-bond acceptors (Lipinski definition) is 5. The number of carbonyl (C=O) groups is 1. The number of carbonyl (C=O) groups excluding carboxylic acids is 1. The molecule has 0 aliphatic carbocycles. The Morgan fingerprint density at radius 1 is 1.00 bits per heavy atom. The van der Waals surface area contributed by atoms with Crippen molar-refractivity contribution in [3.63, 3.8) is 0 Å². The van der Waals surface area contributed by atoms with E-state index in [0.717, 1.165) is 5.56 Å². The van der Waals surface area contributed by atoms with Crippen LogP contribution in [0, 0.1) is 0 Å². The first-order chi connectivity index (χ1) is 12.0. The first kappa shape index (κ1) is 16.9. The van der Waals surface area contributed by atoms with E-state index in [1.807, 2.05) is 19.9 Å². The van der Waals surface area contributed by atoms with E-state index in [0.29, 0.717) is 28.6 Å².